The van der Waals surface area contributed by atoms with Gasteiger partial charge in [-0.15, -0.1) is 0 Å². The first-order valence-electron chi connectivity index (χ1n) is 6.80. The molecule has 1 fully saturated rings. The third kappa shape index (κ3) is 3.27. The van der Waals surface area contributed by atoms with Crippen molar-refractivity contribution in [1.29, 1.82) is 0 Å². The molecule has 0 radical (unpaired) electrons. The second-order valence-electron chi connectivity index (χ2n) is 5.94. The maximum absolute atomic E-state index is 12.2. The average Bonchev–Trinajstić information content (AvgIpc) is 2.92. The van der Waals surface area contributed by atoms with Crippen molar-refractivity contribution in [3.63, 3.8) is 0 Å². The molecule has 0 saturated carbocycles. The molecule has 0 aliphatic carbocycles. The predicted molar refractivity (Wildman–Crippen MR) is 70.0 cm³/mol. The lowest BCUT2D eigenvalue weighted by molar-refractivity contribution is 0.0184. The van der Waals surface area contributed by atoms with Crippen molar-refractivity contribution in [1.82, 2.24) is 15.0 Å². The lowest BCUT2D eigenvalue weighted by Crippen LogP contribution is -2.37. The Morgan fingerprint density at radius 3 is 2.80 bits per heavy atom. The molecule has 0 aromatic carbocycles. The standard InChI is InChI=1S/C13H21N3O4/c1-5-10-14-11(20-15-10)9-6-8(17)7-16(9)12(18)19-13(2,3)4/h8-9,17H,5-7H2,1-4H3/t8-,9+/m0/s1. The molecule has 0 spiro atoms. The SMILES string of the molecule is CCc1noc([C@H]2C[C@H](O)CN2C(=O)OC(C)(C)C)n1. The fraction of sp³-hybridized carbons (Fsp3) is 0.769. The number of aryl methyl sites for hydroxylation is 1. The normalized spacial score (nSPS) is 23.1. The molecule has 0 bridgehead atoms. The molecule has 20 heavy (non-hydrogen) atoms. The van der Waals surface area contributed by atoms with Crippen molar-refractivity contribution in [2.45, 2.75) is 58.3 Å². The summed E-state index contributed by atoms with van der Waals surface area (Å²) in [7, 11) is 0. The first-order valence-corrected chi connectivity index (χ1v) is 6.80. The van der Waals surface area contributed by atoms with Crippen LogP contribution in [-0.4, -0.2) is 44.5 Å². The summed E-state index contributed by atoms with van der Waals surface area (Å²) in [5, 5.41) is 13.6. The smallest absolute Gasteiger partial charge is 0.411 e. The fourth-order valence-corrected chi connectivity index (χ4v) is 2.12. The van der Waals surface area contributed by atoms with E-state index in [2.05, 4.69) is 10.1 Å². The number of ether oxygens (including phenoxy) is 1. The van der Waals surface area contributed by atoms with Crippen LogP contribution in [0.25, 0.3) is 0 Å². The van der Waals surface area contributed by atoms with E-state index in [9.17, 15) is 9.90 Å². The molecule has 2 heterocycles. The summed E-state index contributed by atoms with van der Waals surface area (Å²) < 4.78 is 10.5. The van der Waals surface area contributed by atoms with Crippen LogP contribution in [0, 0.1) is 0 Å². The van der Waals surface area contributed by atoms with E-state index in [4.69, 9.17) is 9.26 Å². The largest absolute Gasteiger partial charge is 0.444 e. The van der Waals surface area contributed by atoms with Gasteiger partial charge in [0.15, 0.2) is 5.82 Å². The zero-order chi connectivity index (χ0) is 14.9. The van der Waals surface area contributed by atoms with Gasteiger partial charge in [0, 0.05) is 12.8 Å². The highest BCUT2D eigenvalue weighted by Crippen LogP contribution is 2.32. The number of nitrogens with zero attached hydrogens (tertiary/aromatic N) is 3. The number of amides is 1. The van der Waals surface area contributed by atoms with Crippen LogP contribution in [0.15, 0.2) is 4.52 Å². The van der Waals surface area contributed by atoms with Crippen LogP contribution >= 0.6 is 0 Å². The van der Waals surface area contributed by atoms with Crippen molar-refractivity contribution in [3.05, 3.63) is 11.7 Å². The monoisotopic (exact) mass is 283 g/mol. The quantitative estimate of drug-likeness (QED) is 0.888. The number of rotatable bonds is 2. The van der Waals surface area contributed by atoms with Crippen LogP contribution in [0.2, 0.25) is 0 Å². The highest BCUT2D eigenvalue weighted by molar-refractivity contribution is 5.69. The number of aromatic nitrogens is 2. The third-order valence-corrected chi connectivity index (χ3v) is 2.99. The van der Waals surface area contributed by atoms with Crippen LogP contribution in [-0.2, 0) is 11.2 Å². The molecule has 1 aromatic rings. The number of β-amino-alcohol motifs (C(OH)–C–C–N with tert-alkyl or cyclic N) is 1. The van der Waals surface area contributed by atoms with Crippen molar-refractivity contribution in [3.8, 4) is 0 Å². The van der Waals surface area contributed by atoms with E-state index >= 15 is 0 Å². The van der Waals surface area contributed by atoms with Gasteiger partial charge in [-0.2, -0.15) is 4.98 Å². The number of likely N-dealkylation sites (tertiary alicyclic amines) is 1. The summed E-state index contributed by atoms with van der Waals surface area (Å²) in [5.74, 6) is 0.940. The van der Waals surface area contributed by atoms with E-state index in [1.165, 1.54) is 4.90 Å². The number of carbonyl (C=O) groups excluding carboxylic acids is 1. The molecule has 1 amide bonds. The highest BCUT2D eigenvalue weighted by atomic mass is 16.6. The van der Waals surface area contributed by atoms with Crippen LogP contribution in [0.1, 0.15) is 51.9 Å². The Kier molecular flexibility index (Phi) is 3.99. The Morgan fingerprint density at radius 2 is 2.25 bits per heavy atom. The van der Waals surface area contributed by atoms with Gasteiger partial charge in [-0.3, -0.25) is 4.90 Å². The zero-order valence-corrected chi connectivity index (χ0v) is 12.3. The maximum Gasteiger partial charge on any atom is 0.411 e. The van der Waals surface area contributed by atoms with Crippen LogP contribution < -0.4 is 0 Å². The summed E-state index contributed by atoms with van der Waals surface area (Å²) in [6.45, 7) is 7.53. The minimum Gasteiger partial charge on any atom is -0.444 e. The van der Waals surface area contributed by atoms with Crippen molar-refractivity contribution in [2.75, 3.05) is 6.54 Å². The van der Waals surface area contributed by atoms with Crippen molar-refractivity contribution >= 4 is 6.09 Å². The molecular weight excluding hydrogens is 262 g/mol. The minimum absolute atomic E-state index is 0.212. The Balaban J connectivity index is 2.16. The number of hydrogen-bond acceptors (Lipinski definition) is 6. The molecule has 7 nitrogen and oxygen atoms in total. The van der Waals surface area contributed by atoms with E-state index < -0.39 is 23.8 Å². The molecule has 2 rings (SSSR count). The summed E-state index contributed by atoms with van der Waals surface area (Å²) >= 11 is 0. The van der Waals surface area contributed by atoms with E-state index in [-0.39, 0.29) is 6.54 Å². The van der Waals surface area contributed by atoms with Gasteiger partial charge in [-0.05, 0) is 20.8 Å². The van der Waals surface area contributed by atoms with E-state index in [1.54, 1.807) is 20.8 Å². The summed E-state index contributed by atoms with van der Waals surface area (Å²) in [6, 6.07) is -0.423. The Labute approximate surface area is 117 Å². The molecule has 7 heteroatoms. The van der Waals surface area contributed by atoms with Gasteiger partial charge in [0.25, 0.3) is 0 Å². The number of aliphatic hydroxyl groups excluding tert-OH is 1. The Bertz CT molecular complexity index is 480. The number of aliphatic hydroxyl groups is 1. The highest BCUT2D eigenvalue weighted by Gasteiger charge is 2.40. The van der Waals surface area contributed by atoms with Gasteiger partial charge >= 0.3 is 6.09 Å². The Morgan fingerprint density at radius 1 is 1.55 bits per heavy atom. The van der Waals surface area contributed by atoms with Crippen LogP contribution in [0.3, 0.4) is 0 Å². The maximum atomic E-state index is 12.2. The zero-order valence-electron chi connectivity index (χ0n) is 12.3. The molecule has 1 saturated heterocycles. The van der Waals surface area contributed by atoms with Gasteiger partial charge in [-0.25, -0.2) is 4.79 Å². The number of hydrogen-bond donors (Lipinski definition) is 1. The third-order valence-electron chi connectivity index (χ3n) is 2.99. The average molecular weight is 283 g/mol. The van der Waals surface area contributed by atoms with Gasteiger partial charge < -0.3 is 14.4 Å². The first-order chi connectivity index (χ1) is 9.30. The summed E-state index contributed by atoms with van der Waals surface area (Å²) in [5.41, 5.74) is -0.585. The summed E-state index contributed by atoms with van der Waals surface area (Å²) in [4.78, 5) is 17.9. The molecule has 1 aromatic heterocycles. The molecule has 1 aliphatic rings. The van der Waals surface area contributed by atoms with Gasteiger partial charge in [-0.1, -0.05) is 12.1 Å². The number of carbonyl (C=O) groups is 1. The van der Waals surface area contributed by atoms with Gasteiger partial charge in [0.05, 0.1) is 12.6 Å². The van der Waals surface area contributed by atoms with Gasteiger partial charge in [0.2, 0.25) is 5.89 Å². The first kappa shape index (κ1) is 14.8. The molecule has 1 aliphatic heterocycles. The van der Waals surface area contributed by atoms with Crippen LogP contribution in [0.5, 0.6) is 0 Å². The Hall–Kier alpha value is -1.63. The predicted octanol–water partition coefficient (Wildman–Crippen LogP) is 1.67. The van der Waals surface area contributed by atoms with Crippen molar-refractivity contribution < 1.29 is 19.2 Å². The van der Waals surface area contributed by atoms with E-state index in [0.29, 0.717) is 24.6 Å². The lowest BCUT2D eigenvalue weighted by atomic mass is 10.2. The molecule has 0 unspecified atom stereocenters. The van der Waals surface area contributed by atoms with E-state index in [1.807, 2.05) is 6.92 Å². The van der Waals surface area contributed by atoms with Crippen LogP contribution in [0.4, 0.5) is 4.79 Å². The lowest BCUT2D eigenvalue weighted by Gasteiger charge is -2.26. The second kappa shape index (κ2) is 5.40. The summed E-state index contributed by atoms with van der Waals surface area (Å²) in [6.07, 6.45) is -0.0460. The molecule has 2 atom stereocenters. The molecular formula is C13H21N3O4. The minimum atomic E-state index is -0.607. The molecule has 1 N–H and O–H groups in total. The van der Waals surface area contributed by atoms with Crippen molar-refractivity contribution in [2.24, 2.45) is 0 Å². The molecule has 112 valence electrons. The topological polar surface area (TPSA) is 88.7 Å². The van der Waals surface area contributed by atoms with Gasteiger partial charge in [0.1, 0.15) is 11.6 Å². The fourth-order valence-electron chi connectivity index (χ4n) is 2.12. The van der Waals surface area contributed by atoms with E-state index in [0.717, 1.165) is 0 Å². The second-order valence-corrected chi connectivity index (χ2v) is 5.94.